The Kier molecular flexibility index (Phi) is 7.48. The van der Waals surface area contributed by atoms with Gasteiger partial charge in [0.1, 0.15) is 0 Å². The second-order valence-corrected chi connectivity index (χ2v) is 7.52. The molecule has 0 radical (unpaired) electrons. The van der Waals surface area contributed by atoms with Gasteiger partial charge in [0.25, 0.3) is 0 Å². The summed E-state index contributed by atoms with van der Waals surface area (Å²) in [6.07, 6.45) is 3.67. The highest BCUT2D eigenvalue weighted by Gasteiger charge is 2.20. The molecule has 0 saturated heterocycles. The molecule has 3 rings (SSSR count). The number of aryl methyl sites for hydroxylation is 1. The van der Waals surface area contributed by atoms with Crippen LogP contribution in [0.5, 0.6) is 0 Å². The molecule has 2 N–H and O–H groups in total. The first-order valence-corrected chi connectivity index (χ1v) is 10.3. The topological polar surface area (TPSA) is 63.5 Å². The van der Waals surface area contributed by atoms with Gasteiger partial charge in [0.2, 0.25) is 0 Å². The maximum Gasteiger partial charge on any atom is 0.191 e. The summed E-state index contributed by atoms with van der Waals surface area (Å²) >= 11 is 0. The smallest absolute Gasteiger partial charge is 0.191 e. The zero-order chi connectivity index (χ0) is 19.8. The van der Waals surface area contributed by atoms with E-state index < -0.39 is 0 Å². The van der Waals surface area contributed by atoms with Gasteiger partial charge in [-0.15, -0.1) is 0 Å². The fourth-order valence-corrected chi connectivity index (χ4v) is 3.21. The minimum absolute atomic E-state index is 0.713. The van der Waals surface area contributed by atoms with Crippen molar-refractivity contribution in [3.8, 4) is 0 Å². The average Bonchev–Trinajstić information content (AvgIpc) is 3.49. The van der Waals surface area contributed by atoms with E-state index in [0.29, 0.717) is 6.54 Å². The van der Waals surface area contributed by atoms with E-state index in [4.69, 9.17) is 9.84 Å². The highest BCUT2D eigenvalue weighted by atomic mass is 16.5. The van der Waals surface area contributed by atoms with Crippen molar-refractivity contribution in [1.29, 1.82) is 0 Å². The average molecular weight is 384 g/mol. The van der Waals surface area contributed by atoms with Gasteiger partial charge in [0, 0.05) is 44.6 Å². The number of hydrogen-bond acceptors (Lipinski definition) is 3. The zero-order valence-electron chi connectivity index (χ0n) is 17.4. The van der Waals surface area contributed by atoms with Gasteiger partial charge in [0.05, 0.1) is 12.2 Å². The number of hydrogen-bond donors (Lipinski definition) is 2. The second kappa shape index (κ2) is 10.3. The number of ether oxygens (including phenoxy) is 1. The van der Waals surface area contributed by atoms with Crippen LogP contribution in [-0.2, 0) is 17.8 Å². The summed E-state index contributed by atoms with van der Waals surface area (Å²) in [4.78, 5) is 4.32. The van der Waals surface area contributed by atoms with Gasteiger partial charge in [-0.05, 0) is 44.6 Å². The number of guanidine groups is 1. The van der Waals surface area contributed by atoms with Crippen LogP contribution in [0.2, 0.25) is 0 Å². The minimum Gasteiger partial charge on any atom is -0.381 e. The van der Waals surface area contributed by atoms with Crippen molar-refractivity contribution in [3.63, 3.8) is 0 Å². The molecule has 0 aliphatic heterocycles. The van der Waals surface area contributed by atoms with Crippen molar-refractivity contribution < 1.29 is 4.74 Å². The number of nitrogens with zero attached hydrogens (tertiary/aromatic N) is 3. The van der Waals surface area contributed by atoms with Crippen LogP contribution in [0.15, 0.2) is 35.3 Å². The van der Waals surface area contributed by atoms with E-state index >= 15 is 0 Å². The third-order valence-corrected chi connectivity index (χ3v) is 5.17. The van der Waals surface area contributed by atoms with Crippen molar-refractivity contribution in [2.75, 3.05) is 26.8 Å². The third-order valence-electron chi connectivity index (χ3n) is 5.17. The molecule has 0 spiro atoms. The summed E-state index contributed by atoms with van der Waals surface area (Å²) < 4.78 is 7.75. The minimum atomic E-state index is 0.713. The zero-order valence-corrected chi connectivity index (χ0v) is 17.4. The molecule has 1 fully saturated rings. The molecule has 2 aromatic rings. The fraction of sp³-hybridized carbons (Fsp3) is 0.545. The van der Waals surface area contributed by atoms with Crippen molar-refractivity contribution in [3.05, 3.63) is 52.8 Å². The van der Waals surface area contributed by atoms with Gasteiger partial charge in [0.15, 0.2) is 5.96 Å². The highest BCUT2D eigenvalue weighted by Crippen LogP contribution is 2.28. The second-order valence-electron chi connectivity index (χ2n) is 7.52. The molecule has 0 unspecified atom stereocenters. The van der Waals surface area contributed by atoms with Crippen molar-refractivity contribution in [1.82, 2.24) is 20.4 Å². The molecule has 1 aliphatic rings. The molecule has 0 atom stereocenters. The predicted molar refractivity (Wildman–Crippen MR) is 114 cm³/mol. The van der Waals surface area contributed by atoms with E-state index in [1.165, 1.54) is 29.7 Å². The van der Waals surface area contributed by atoms with Gasteiger partial charge in [-0.2, -0.15) is 5.10 Å². The summed E-state index contributed by atoms with van der Waals surface area (Å²) in [7, 11) is 1.80. The lowest BCUT2D eigenvalue weighted by atomic mass is 10.2. The molecule has 0 bridgehead atoms. The van der Waals surface area contributed by atoms with E-state index in [1.807, 2.05) is 6.07 Å². The van der Waals surface area contributed by atoms with Crippen molar-refractivity contribution >= 4 is 5.96 Å². The Balaban J connectivity index is 1.44. The van der Waals surface area contributed by atoms with Crippen LogP contribution in [0.1, 0.15) is 41.8 Å². The summed E-state index contributed by atoms with van der Waals surface area (Å²) in [5, 5.41) is 11.5. The molecule has 1 heterocycles. The van der Waals surface area contributed by atoms with Crippen LogP contribution in [0.25, 0.3) is 0 Å². The van der Waals surface area contributed by atoms with Gasteiger partial charge >= 0.3 is 0 Å². The van der Waals surface area contributed by atoms with Crippen LogP contribution < -0.4 is 10.6 Å². The monoisotopic (exact) mass is 383 g/mol. The standard InChI is InChI=1S/C22H33N5O/c1-17-21(18(2)27(26-17)15-19-8-5-4-6-9-19)14-25-22(23-3)24-12-7-13-28-16-20-10-11-20/h4-6,8-9,20H,7,10-16H2,1-3H3,(H2,23,24,25). The predicted octanol–water partition coefficient (Wildman–Crippen LogP) is 3.03. The van der Waals surface area contributed by atoms with Crippen LogP contribution in [0, 0.1) is 19.8 Å². The molecule has 1 aromatic heterocycles. The SMILES string of the molecule is CN=C(NCCCOCC1CC1)NCc1c(C)nn(Cc2ccccc2)c1C. The Morgan fingerprint density at radius 2 is 2.00 bits per heavy atom. The quantitative estimate of drug-likeness (QED) is 0.376. The normalized spacial score (nSPS) is 14.3. The Morgan fingerprint density at radius 1 is 1.21 bits per heavy atom. The fourth-order valence-electron chi connectivity index (χ4n) is 3.21. The number of aliphatic imine (C=N–C) groups is 1. The molecular formula is C22H33N5O. The lowest BCUT2D eigenvalue weighted by Crippen LogP contribution is -2.37. The van der Waals surface area contributed by atoms with Crippen LogP contribution in [-0.4, -0.2) is 42.5 Å². The van der Waals surface area contributed by atoms with Crippen LogP contribution >= 0.6 is 0 Å². The van der Waals surface area contributed by atoms with E-state index in [2.05, 4.69) is 58.4 Å². The lowest BCUT2D eigenvalue weighted by Gasteiger charge is -2.12. The number of rotatable bonds is 10. The molecule has 1 aromatic carbocycles. The Labute approximate surface area is 168 Å². The Morgan fingerprint density at radius 3 is 2.71 bits per heavy atom. The van der Waals surface area contributed by atoms with Gasteiger partial charge in [-0.25, -0.2) is 0 Å². The van der Waals surface area contributed by atoms with E-state index in [0.717, 1.165) is 50.3 Å². The summed E-state index contributed by atoms with van der Waals surface area (Å²) in [5.74, 6) is 1.65. The van der Waals surface area contributed by atoms with Gasteiger partial charge in [-0.3, -0.25) is 9.67 Å². The first kappa shape index (κ1) is 20.4. The lowest BCUT2D eigenvalue weighted by molar-refractivity contribution is 0.123. The summed E-state index contributed by atoms with van der Waals surface area (Å²) in [5.41, 5.74) is 4.74. The van der Waals surface area contributed by atoms with E-state index in [-0.39, 0.29) is 0 Å². The van der Waals surface area contributed by atoms with E-state index in [1.54, 1.807) is 7.05 Å². The molecule has 28 heavy (non-hydrogen) atoms. The van der Waals surface area contributed by atoms with Crippen LogP contribution in [0.3, 0.4) is 0 Å². The number of aromatic nitrogens is 2. The Bertz CT molecular complexity index is 765. The molecule has 6 nitrogen and oxygen atoms in total. The molecular weight excluding hydrogens is 350 g/mol. The largest absolute Gasteiger partial charge is 0.381 e. The van der Waals surface area contributed by atoms with Crippen LogP contribution in [0.4, 0.5) is 0 Å². The van der Waals surface area contributed by atoms with E-state index in [9.17, 15) is 0 Å². The molecule has 1 aliphatic carbocycles. The molecule has 6 heteroatoms. The number of nitrogens with one attached hydrogen (secondary N) is 2. The van der Waals surface area contributed by atoms with Gasteiger partial charge < -0.3 is 15.4 Å². The third kappa shape index (κ3) is 6.09. The molecule has 0 amide bonds. The van der Waals surface area contributed by atoms with Crippen molar-refractivity contribution in [2.24, 2.45) is 10.9 Å². The van der Waals surface area contributed by atoms with Crippen molar-refractivity contribution in [2.45, 2.75) is 46.2 Å². The summed E-state index contributed by atoms with van der Waals surface area (Å²) in [6.45, 7) is 8.30. The maximum absolute atomic E-state index is 5.67. The highest BCUT2D eigenvalue weighted by molar-refractivity contribution is 5.79. The van der Waals surface area contributed by atoms with Gasteiger partial charge in [-0.1, -0.05) is 30.3 Å². The Hall–Kier alpha value is -2.34. The first-order valence-electron chi connectivity index (χ1n) is 10.3. The molecule has 1 saturated carbocycles. The number of benzene rings is 1. The summed E-state index contributed by atoms with van der Waals surface area (Å²) in [6, 6.07) is 10.4. The molecule has 152 valence electrons. The first-order chi connectivity index (χ1) is 13.7. The maximum atomic E-state index is 5.67.